The second-order valence-corrected chi connectivity index (χ2v) is 6.83. The third kappa shape index (κ3) is 5.11. The van der Waals surface area contributed by atoms with E-state index < -0.39 is 12.1 Å². The van der Waals surface area contributed by atoms with E-state index in [2.05, 4.69) is 10.6 Å². The van der Waals surface area contributed by atoms with E-state index in [4.69, 9.17) is 13.9 Å². The average molecular weight is 415 g/mol. The van der Waals surface area contributed by atoms with Crippen LogP contribution in [0.25, 0.3) is 0 Å². The number of imide groups is 1. The number of methoxy groups -OCH3 is 2. The van der Waals surface area contributed by atoms with Crippen molar-refractivity contribution in [2.24, 2.45) is 0 Å². The first-order valence-electron chi connectivity index (χ1n) is 9.63. The zero-order valence-corrected chi connectivity index (χ0v) is 17.0. The van der Waals surface area contributed by atoms with Crippen LogP contribution in [0.2, 0.25) is 0 Å². The molecule has 1 aromatic carbocycles. The first-order valence-corrected chi connectivity index (χ1v) is 9.63. The Morgan fingerprint density at radius 2 is 2.00 bits per heavy atom. The van der Waals surface area contributed by atoms with Crippen molar-refractivity contribution < 1.29 is 28.3 Å². The number of hydrogen-bond donors (Lipinski definition) is 2. The maximum absolute atomic E-state index is 12.4. The zero-order chi connectivity index (χ0) is 21.5. The minimum atomic E-state index is -0.705. The molecule has 3 rings (SSSR count). The van der Waals surface area contributed by atoms with Gasteiger partial charge in [0.25, 0.3) is 5.91 Å². The highest BCUT2D eigenvalue weighted by atomic mass is 16.5. The molecule has 1 saturated heterocycles. The molecule has 0 aliphatic carbocycles. The monoisotopic (exact) mass is 415 g/mol. The Bertz CT molecular complexity index is 896. The Kier molecular flexibility index (Phi) is 6.95. The summed E-state index contributed by atoms with van der Waals surface area (Å²) in [5.41, 5.74) is 1.000. The summed E-state index contributed by atoms with van der Waals surface area (Å²) in [6, 6.07) is 7.80. The molecule has 9 heteroatoms. The van der Waals surface area contributed by atoms with Crippen LogP contribution in [0.1, 0.15) is 24.2 Å². The van der Waals surface area contributed by atoms with E-state index in [0.29, 0.717) is 30.2 Å². The molecular formula is C21H25N3O6. The molecule has 0 bridgehead atoms. The van der Waals surface area contributed by atoms with Gasteiger partial charge in [-0.1, -0.05) is 6.07 Å². The van der Waals surface area contributed by atoms with Crippen molar-refractivity contribution in [2.45, 2.75) is 31.8 Å². The van der Waals surface area contributed by atoms with Crippen molar-refractivity contribution in [2.75, 3.05) is 20.8 Å². The van der Waals surface area contributed by atoms with Crippen molar-refractivity contribution in [1.82, 2.24) is 15.5 Å². The SMILES string of the molecule is COc1ccc(CCNC(=O)CC[C@H]2NC(=O)N(Cc3ccco3)C2=O)cc1OC. The van der Waals surface area contributed by atoms with Crippen LogP contribution in [-0.2, 0) is 22.6 Å². The van der Waals surface area contributed by atoms with E-state index in [-0.39, 0.29) is 31.2 Å². The Morgan fingerprint density at radius 3 is 2.70 bits per heavy atom. The van der Waals surface area contributed by atoms with Gasteiger partial charge in [-0.15, -0.1) is 0 Å². The van der Waals surface area contributed by atoms with Gasteiger partial charge in [0, 0.05) is 13.0 Å². The summed E-state index contributed by atoms with van der Waals surface area (Å²) in [5.74, 6) is 1.27. The number of benzene rings is 1. The Balaban J connectivity index is 1.41. The van der Waals surface area contributed by atoms with E-state index in [1.165, 1.54) is 6.26 Å². The van der Waals surface area contributed by atoms with E-state index in [0.717, 1.165) is 10.5 Å². The van der Waals surface area contributed by atoms with Gasteiger partial charge in [0.1, 0.15) is 11.8 Å². The van der Waals surface area contributed by atoms with Crippen molar-refractivity contribution in [3.8, 4) is 11.5 Å². The van der Waals surface area contributed by atoms with Crippen LogP contribution < -0.4 is 20.1 Å². The lowest BCUT2D eigenvalue weighted by Gasteiger charge is -2.12. The topological polar surface area (TPSA) is 110 Å². The maximum Gasteiger partial charge on any atom is 0.325 e. The Hall–Kier alpha value is -3.49. The molecule has 0 unspecified atom stereocenters. The van der Waals surface area contributed by atoms with Gasteiger partial charge in [-0.3, -0.25) is 14.5 Å². The lowest BCUT2D eigenvalue weighted by Crippen LogP contribution is -2.33. The molecule has 1 aliphatic heterocycles. The normalized spacial score (nSPS) is 15.8. The number of urea groups is 1. The van der Waals surface area contributed by atoms with E-state index in [9.17, 15) is 14.4 Å². The third-order valence-electron chi connectivity index (χ3n) is 4.84. The number of nitrogens with zero attached hydrogens (tertiary/aromatic N) is 1. The van der Waals surface area contributed by atoms with Gasteiger partial charge in [-0.2, -0.15) is 0 Å². The summed E-state index contributed by atoms with van der Waals surface area (Å²) in [5, 5.41) is 5.45. The van der Waals surface area contributed by atoms with Crippen molar-refractivity contribution in [3.05, 3.63) is 47.9 Å². The molecule has 2 aromatic rings. The number of amides is 4. The second-order valence-electron chi connectivity index (χ2n) is 6.83. The van der Waals surface area contributed by atoms with Crippen molar-refractivity contribution in [3.63, 3.8) is 0 Å². The molecule has 1 fully saturated rings. The molecule has 1 atom stereocenters. The fraction of sp³-hybridized carbons (Fsp3) is 0.381. The van der Waals surface area contributed by atoms with Gasteiger partial charge in [-0.25, -0.2) is 4.79 Å². The lowest BCUT2D eigenvalue weighted by molar-refractivity contribution is -0.128. The number of carbonyl (C=O) groups excluding carboxylic acids is 3. The van der Waals surface area contributed by atoms with Gasteiger partial charge in [0.2, 0.25) is 5.91 Å². The van der Waals surface area contributed by atoms with E-state index >= 15 is 0 Å². The number of ether oxygens (including phenoxy) is 2. The van der Waals surface area contributed by atoms with Gasteiger partial charge in [-0.05, 0) is 42.7 Å². The molecule has 0 saturated carbocycles. The summed E-state index contributed by atoms with van der Waals surface area (Å²) in [6.45, 7) is 0.523. The molecule has 2 heterocycles. The summed E-state index contributed by atoms with van der Waals surface area (Å²) in [7, 11) is 3.15. The van der Waals surface area contributed by atoms with Gasteiger partial charge < -0.3 is 24.5 Å². The highest BCUT2D eigenvalue weighted by Gasteiger charge is 2.38. The summed E-state index contributed by atoms with van der Waals surface area (Å²) in [4.78, 5) is 37.7. The molecule has 0 radical (unpaired) electrons. The number of hydrogen-bond acceptors (Lipinski definition) is 6. The van der Waals surface area contributed by atoms with Gasteiger partial charge >= 0.3 is 6.03 Å². The molecule has 2 N–H and O–H groups in total. The number of carbonyl (C=O) groups is 3. The minimum absolute atomic E-state index is 0.0751. The smallest absolute Gasteiger partial charge is 0.325 e. The highest BCUT2D eigenvalue weighted by Crippen LogP contribution is 2.27. The van der Waals surface area contributed by atoms with Crippen LogP contribution in [0.5, 0.6) is 11.5 Å². The summed E-state index contributed by atoms with van der Waals surface area (Å²) >= 11 is 0. The molecular weight excluding hydrogens is 390 g/mol. The molecule has 30 heavy (non-hydrogen) atoms. The van der Waals surface area contributed by atoms with Gasteiger partial charge in [0.05, 0.1) is 27.0 Å². The molecule has 160 valence electrons. The van der Waals surface area contributed by atoms with Crippen molar-refractivity contribution >= 4 is 17.8 Å². The maximum atomic E-state index is 12.4. The molecule has 0 spiro atoms. The van der Waals surface area contributed by atoms with E-state index in [1.807, 2.05) is 18.2 Å². The predicted molar refractivity (Wildman–Crippen MR) is 107 cm³/mol. The molecule has 9 nitrogen and oxygen atoms in total. The summed E-state index contributed by atoms with van der Waals surface area (Å²) < 4.78 is 15.7. The predicted octanol–water partition coefficient (Wildman–Crippen LogP) is 1.86. The quantitative estimate of drug-likeness (QED) is 0.573. The fourth-order valence-electron chi connectivity index (χ4n) is 3.23. The van der Waals surface area contributed by atoms with Gasteiger partial charge in [0.15, 0.2) is 11.5 Å². The average Bonchev–Trinajstić information content (AvgIpc) is 3.36. The molecule has 1 aliphatic rings. The highest BCUT2D eigenvalue weighted by molar-refractivity contribution is 6.04. The molecule has 1 aromatic heterocycles. The Labute approximate surface area is 174 Å². The third-order valence-corrected chi connectivity index (χ3v) is 4.84. The molecule has 4 amide bonds. The number of nitrogens with one attached hydrogen (secondary N) is 2. The number of rotatable bonds is 10. The second kappa shape index (κ2) is 9.82. The fourth-order valence-corrected chi connectivity index (χ4v) is 3.23. The van der Waals surface area contributed by atoms with Crippen LogP contribution in [0.15, 0.2) is 41.0 Å². The Morgan fingerprint density at radius 1 is 1.20 bits per heavy atom. The first-order chi connectivity index (χ1) is 14.5. The first kappa shape index (κ1) is 21.2. The van der Waals surface area contributed by atoms with Crippen LogP contribution in [0, 0.1) is 0 Å². The van der Waals surface area contributed by atoms with Crippen molar-refractivity contribution in [1.29, 1.82) is 0 Å². The van der Waals surface area contributed by atoms with Crippen LogP contribution in [-0.4, -0.2) is 49.6 Å². The van der Waals surface area contributed by atoms with Crippen LogP contribution in [0.3, 0.4) is 0 Å². The van der Waals surface area contributed by atoms with Crippen LogP contribution >= 0.6 is 0 Å². The van der Waals surface area contributed by atoms with Crippen LogP contribution in [0.4, 0.5) is 4.79 Å². The standard InChI is InChI=1S/C21H25N3O6/c1-28-17-7-5-14(12-18(17)29-2)9-10-22-19(25)8-6-16-20(26)24(21(27)23-16)13-15-4-3-11-30-15/h3-5,7,11-12,16H,6,8-10,13H2,1-2H3,(H,22,25)(H,23,27)/t16-/m1/s1. The zero-order valence-electron chi connectivity index (χ0n) is 17.0. The number of furan rings is 1. The van der Waals surface area contributed by atoms with E-state index in [1.54, 1.807) is 26.4 Å². The lowest BCUT2D eigenvalue weighted by atomic mass is 10.1. The minimum Gasteiger partial charge on any atom is -0.493 e. The summed E-state index contributed by atoms with van der Waals surface area (Å²) in [6.07, 6.45) is 2.48. The largest absolute Gasteiger partial charge is 0.493 e.